The molecule has 0 saturated heterocycles. The number of likely N-dealkylation sites (N-methyl/N-ethyl adjacent to an activating group) is 2. The van der Waals surface area contributed by atoms with Gasteiger partial charge in [0.1, 0.15) is 0 Å². The summed E-state index contributed by atoms with van der Waals surface area (Å²) >= 11 is 0. The van der Waals surface area contributed by atoms with Gasteiger partial charge in [0.05, 0.1) is 13.1 Å². The molecule has 0 heterocycles. The molecule has 0 bridgehead atoms. The van der Waals surface area contributed by atoms with Crippen LogP contribution in [0.25, 0.3) is 11.1 Å². The fourth-order valence-electron chi connectivity index (χ4n) is 2.52. The van der Waals surface area contributed by atoms with Gasteiger partial charge in [-0.1, -0.05) is 49.4 Å². The van der Waals surface area contributed by atoms with Crippen molar-refractivity contribution in [3.05, 3.63) is 54.6 Å². The first kappa shape index (κ1) is 18.7. The first-order valence-corrected chi connectivity index (χ1v) is 8.56. The van der Waals surface area contributed by atoms with Crippen LogP contribution in [0, 0.1) is 0 Å². The number of hydrogen-bond acceptors (Lipinski definition) is 3. The second-order valence-corrected chi connectivity index (χ2v) is 5.75. The minimum atomic E-state index is -0.126. The van der Waals surface area contributed by atoms with E-state index in [2.05, 4.69) is 10.6 Å². The van der Waals surface area contributed by atoms with E-state index in [0.717, 1.165) is 16.8 Å². The standard InChI is InChI=1S/C20H25N3O2/c1-3-21-19(24)14-23(4-2)15-20(25)22-18-12-10-17(11-13-18)16-8-6-5-7-9-16/h5-13H,3-4,14-15H2,1-2H3,(H,21,24)(H,22,25). The number of nitrogens with zero attached hydrogens (tertiary/aromatic N) is 1. The molecule has 0 radical (unpaired) electrons. The fourth-order valence-corrected chi connectivity index (χ4v) is 2.52. The molecule has 0 fully saturated rings. The predicted molar refractivity (Wildman–Crippen MR) is 101 cm³/mol. The van der Waals surface area contributed by atoms with E-state index in [1.807, 2.05) is 68.4 Å². The number of nitrogens with one attached hydrogen (secondary N) is 2. The molecule has 0 saturated carbocycles. The molecular formula is C20H25N3O2. The van der Waals surface area contributed by atoms with Crippen molar-refractivity contribution in [3.63, 3.8) is 0 Å². The van der Waals surface area contributed by atoms with Crippen LogP contribution in [0.1, 0.15) is 13.8 Å². The van der Waals surface area contributed by atoms with Crippen molar-refractivity contribution in [1.29, 1.82) is 0 Å². The normalized spacial score (nSPS) is 10.5. The summed E-state index contributed by atoms with van der Waals surface area (Å²) in [6, 6.07) is 17.8. The van der Waals surface area contributed by atoms with E-state index >= 15 is 0 Å². The Kier molecular flexibility index (Phi) is 7.16. The molecule has 0 atom stereocenters. The van der Waals surface area contributed by atoms with Gasteiger partial charge in [-0.15, -0.1) is 0 Å². The molecule has 2 aromatic rings. The van der Waals surface area contributed by atoms with Gasteiger partial charge in [0.25, 0.3) is 0 Å². The molecule has 5 nitrogen and oxygen atoms in total. The van der Waals surface area contributed by atoms with Crippen LogP contribution >= 0.6 is 0 Å². The van der Waals surface area contributed by atoms with Gasteiger partial charge in [-0.2, -0.15) is 0 Å². The molecule has 5 heteroatoms. The molecule has 0 unspecified atom stereocenters. The Morgan fingerprint density at radius 1 is 0.840 bits per heavy atom. The van der Waals surface area contributed by atoms with E-state index in [0.29, 0.717) is 13.1 Å². The number of carbonyl (C=O) groups is 2. The second kappa shape index (κ2) is 9.59. The Labute approximate surface area is 149 Å². The molecule has 25 heavy (non-hydrogen) atoms. The third-order valence-corrected chi connectivity index (χ3v) is 3.83. The van der Waals surface area contributed by atoms with E-state index in [-0.39, 0.29) is 24.9 Å². The average Bonchev–Trinajstić information content (AvgIpc) is 2.62. The summed E-state index contributed by atoms with van der Waals surface area (Å²) in [5, 5.41) is 5.62. The molecule has 2 aromatic carbocycles. The number of hydrogen-bond donors (Lipinski definition) is 2. The molecule has 2 N–H and O–H groups in total. The van der Waals surface area contributed by atoms with Crippen molar-refractivity contribution >= 4 is 17.5 Å². The lowest BCUT2D eigenvalue weighted by molar-refractivity contribution is -0.123. The number of benzene rings is 2. The zero-order valence-electron chi connectivity index (χ0n) is 14.8. The number of anilines is 1. The molecular weight excluding hydrogens is 314 g/mol. The first-order chi connectivity index (χ1) is 12.1. The van der Waals surface area contributed by atoms with E-state index < -0.39 is 0 Å². The van der Waals surface area contributed by atoms with Crippen LogP contribution in [0.4, 0.5) is 5.69 Å². The highest BCUT2D eigenvalue weighted by molar-refractivity contribution is 5.92. The maximum atomic E-state index is 12.2. The number of rotatable bonds is 8. The highest BCUT2D eigenvalue weighted by Crippen LogP contribution is 2.20. The van der Waals surface area contributed by atoms with E-state index in [4.69, 9.17) is 0 Å². The molecule has 0 aliphatic heterocycles. The van der Waals surface area contributed by atoms with Crippen molar-refractivity contribution in [3.8, 4) is 11.1 Å². The Bertz CT molecular complexity index is 684. The number of amides is 2. The summed E-state index contributed by atoms with van der Waals surface area (Å²) in [6.07, 6.45) is 0. The maximum Gasteiger partial charge on any atom is 0.238 e. The third kappa shape index (κ3) is 6.04. The lowest BCUT2D eigenvalue weighted by Gasteiger charge is -2.19. The van der Waals surface area contributed by atoms with E-state index in [9.17, 15) is 9.59 Å². The van der Waals surface area contributed by atoms with Gasteiger partial charge in [-0.25, -0.2) is 0 Å². The van der Waals surface area contributed by atoms with Gasteiger partial charge in [-0.3, -0.25) is 14.5 Å². The van der Waals surface area contributed by atoms with Crippen LogP contribution in [-0.2, 0) is 9.59 Å². The Morgan fingerprint density at radius 2 is 1.44 bits per heavy atom. The summed E-state index contributed by atoms with van der Waals surface area (Å²) in [5.74, 6) is -0.192. The Balaban J connectivity index is 1.90. The second-order valence-electron chi connectivity index (χ2n) is 5.75. The van der Waals surface area contributed by atoms with Gasteiger partial charge in [0.15, 0.2) is 0 Å². The summed E-state index contributed by atoms with van der Waals surface area (Å²) in [4.78, 5) is 25.6. The van der Waals surface area contributed by atoms with E-state index in [1.165, 1.54) is 0 Å². The topological polar surface area (TPSA) is 61.4 Å². The van der Waals surface area contributed by atoms with Crippen LogP contribution in [0.15, 0.2) is 54.6 Å². The average molecular weight is 339 g/mol. The minimum absolute atomic E-state index is 0.0654. The predicted octanol–water partition coefficient (Wildman–Crippen LogP) is 2.75. The van der Waals surface area contributed by atoms with Crippen molar-refractivity contribution in [2.75, 3.05) is 31.5 Å². The zero-order chi connectivity index (χ0) is 18.1. The largest absolute Gasteiger partial charge is 0.355 e. The SMILES string of the molecule is CCNC(=O)CN(CC)CC(=O)Nc1ccc(-c2ccccc2)cc1. The smallest absolute Gasteiger partial charge is 0.238 e. The molecule has 2 amide bonds. The Hall–Kier alpha value is -2.66. The highest BCUT2D eigenvalue weighted by Gasteiger charge is 2.12. The van der Waals surface area contributed by atoms with Gasteiger partial charge < -0.3 is 10.6 Å². The van der Waals surface area contributed by atoms with Gasteiger partial charge in [-0.05, 0) is 36.7 Å². The molecule has 0 aromatic heterocycles. The summed E-state index contributed by atoms with van der Waals surface area (Å²) < 4.78 is 0. The molecule has 0 aliphatic carbocycles. The fraction of sp³-hybridized carbons (Fsp3) is 0.300. The third-order valence-electron chi connectivity index (χ3n) is 3.83. The maximum absolute atomic E-state index is 12.2. The van der Waals surface area contributed by atoms with Gasteiger partial charge in [0, 0.05) is 12.2 Å². The zero-order valence-corrected chi connectivity index (χ0v) is 14.8. The molecule has 0 spiro atoms. The highest BCUT2D eigenvalue weighted by atomic mass is 16.2. The van der Waals surface area contributed by atoms with Crippen LogP contribution in [0.3, 0.4) is 0 Å². The van der Waals surface area contributed by atoms with E-state index in [1.54, 1.807) is 4.90 Å². The van der Waals surface area contributed by atoms with Crippen molar-refractivity contribution in [2.45, 2.75) is 13.8 Å². The van der Waals surface area contributed by atoms with Crippen molar-refractivity contribution in [1.82, 2.24) is 10.2 Å². The van der Waals surface area contributed by atoms with Crippen molar-refractivity contribution in [2.24, 2.45) is 0 Å². The molecule has 132 valence electrons. The summed E-state index contributed by atoms with van der Waals surface area (Å²) in [6.45, 7) is 5.45. The monoisotopic (exact) mass is 339 g/mol. The lowest BCUT2D eigenvalue weighted by Crippen LogP contribution is -2.40. The molecule has 0 aliphatic rings. The van der Waals surface area contributed by atoms with Crippen LogP contribution in [0.5, 0.6) is 0 Å². The minimum Gasteiger partial charge on any atom is -0.355 e. The number of carbonyl (C=O) groups excluding carboxylic acids is 2. The van der Waals surface area contributed by atoms with Gasteiger partial charge in [0.2, 0.25) is 11.8 Å². The van der Waals surface area contributed by atoms with Gasteiger partial charge >= 0.3 is 0 Å². The summed E-state index contributed by atoms with van der Waals surface area (Å²) in [5.41, 5.74) is 2.99. The lowest BCUT2D eigenvalue weighted by atomic mass is 10.1. The van der Waals surface area contributed by atoms with Crippen LogP contribution in [0.2, 0.25) is 0 Å². The molecule has 2 rings (SSSR count). The first-order valence-electron chi connectivity index (χ1n) is 8.56. The van der Waals surface area contributed by atoms with Crippen LogP contribution in [-0.4, -0.2) is 42.9 Å². The Morgan fingerprint density at radius 3 is 2.04 bits per heavy atom. The summed E-state index contributed by atoms with van der Waals surface area (Å²) in [7, 11) is 0. The quantitative estimate of drug-likeness (QED) is 0.777. The van der Waals surface area contributed by atoms with Crippen molar-refractivity contribution < 1.29 is 9.59 Å². The van der Waals surface area contributed by atoms with Crippen LogP contribution < -0.4 is 10.6 Å².